The van der Waals surface area contributed by atoms with Crippen LogP contribution in [0.15, 0.2) is 42.5 Å². The molecular weight excluding hydrogens is 403 g/mol. The van der Waals surface area contributed by atoms with Gasteiger partial charge in [-0.25, -0.2) is 0 Å². The van der Waals surface area contributed by atoms with Crippen LogP contribution in [0.25, 0.3) is 6.08 Å². The van der Waals surface area contributed by atoms with E-state index in [9.17, 15) is 9.59 Å². The molecule has 0 heterocycles. The number of likely N-dealkylation sites (N-methyl/N-ethyl adjacent to an activating group) is 1. The Morgan fingerprint density at radius 3 is 2.39 bits per heavy atom. The van der Waals surface area contributed by atoms with Gasteiger partial charge in [0.05, 0.1) is 30.8 Å². The van der Waals surface area contributed by atoms with E-state index < -0.39 is 0 Å². The van der Waals surface area contributed by atoms with Crippen molar-refractivity contribution < 1.29 is 19.1 Å². The number of methoxy groups -OCH3 is 2. The molecule has 1 N–H and O–H groups in total. The van der Waals surface area contributed by atoms with E-state index in [0.29, 0.717) is 27.2 Å². The van der Waals surface area contributed by atoms with Gasteiger partial charge in [0, 0.05) is 18.8 Å². The monoisotopic (exact) mass is 422 g/mol. The van der Waals surface area contributed by atoms with Gasteiger partial charge in [0.2, 0.25) is 11.8 Å². The average molecular weight is 423 g/mol. The third-order valence-electron chi connectivity index (χ3n) is 3.79. The minimum Gasteiger partial charge on any atom is -0.493 e. The van der Waals surface area contributed by atoms with E-state index in [-0.39, 0.29) is 18.4 Å². The standard InChI is InChI=1S/C20H20Cl2N2O4/c1-24(12-19(25)23-14-6-7-15(21)16(22)11-14)20(26)9-5-13-4-8-17(27-2)18(10-13)28-3/h4-11H,12H2,1-3H3,(H,23,25)/b9-5+. The van der Waals surface area contributed by atoms with E-state index in [1.165, 1.54) is 25.1 Å². The summed E-state index contributed by atoms with van der Waals surface area (Å²) in [6, 6.07) is 10.0. The maximum absolute atomic E-state index is 12.2. The number of carbonyl (C=O) groups excluding carboxylic acids is 2. The summed E-state index contributed by atoms with van der Waals surface area (Å²) in [5.41, 5.74) is 1.26. The Bertz CT molecular complexity index is 900. The normalized spacial score (nSPS) is 10.6. The molecule has 2 aromatic rings. The average Bonchev–Trinajstić information content (AvgIpc) is 2.68. The number of anilines is 1. The molecule has 148 valence electrons. The van der Waals surface area contributed by atoms with E-state index in [4.69, 9.17) is 32.7 Å². The van der Waals surface area contributed by atoms with Crippen molar-refractivity contribution in [2.24, 2.45) is 0 Å². The molecule has 0 aliphatic heterocycles. The van der Waals surface area contributed by atoms with E-state index >= 15 is 0 Å². The van der Waals surface area contributed by atoms with Crippen molar-refractivity contribution in [1.29, 1.82) is 0 Å². The molecule has 0 saturated heterocycles. The zero-order valence-electron chi connectivity index (χ0n) is 15.7. The molecule has 8 heteroatoms. The molecule has 0 aliphatic carbocycles. The lowest BCUT2D eigenvalue weighted by molar-refractivity contribution is -0.129. The van der Waals surface area contributed by atoms with Gasteiger partial charge in [-0.1, -0.05) is 29.3 Å². The highest BCUT2D eigenvalue weighted by molar-refractivity contribution is 6.42. The Balaban J connectivity index is 1.95. The van der Waals surface area contributed by atoms with Crippen molar-refractivity contribution in [3.05, 3.63) is 58.1 Å². The van der Waals surface area contributed by atoms with Crippen LogP contribution in [0.1, 0.15) is 5.56 Å². The van der Waals surface area contributed by atoms with Crippen LogP contribution in [0, 0.1) is 0 Å². The zero-order valence-corrected chi connectivity index (χ0v) is 17.2. The van der Waals surface area contributed by atoms with Crippen LogP contribution >= 0.6 is 23.2 Å². The van der Waals surface area contributed by atoms with E-state index in [1.807, 2.05) is 0 Å². The molecule has 2 aromatic carbocycles. The lowest BCUT2D eigenvalue weighted by Gasteiger charge is -2.15. The molecule has 0 spiro atoms. The first-order valence-electron chi connectivity index (χ1n) is 8.24. The van der Waals surface area contributed by atoms with Crippen molar-refractivity contribution in [2.45, 2.75) is 0 Å². The Hall–Kier alpha value is -2.70. The molecule has 0 fully saturated rings. The van der Waals surface area contributed by atoms with Crippen LogP contribution in [0.2, 0.25) is 10.0 Å². The quantitative estimate of drug-likeness (QED) is 0.681. The second-order valence-electron chi connectivity index (χ2n) is 5.82. The lowest BCUT2D eigenvalue weighted by Crippen LogP contribution is -2.33. The Morgan fingerprint density at radius 1 is 1.04 bits per heavy atom. The highest BCUT2D eigenvalue weighted by Crippen LogP contribution is 2.28. The van der Waals surface area contributed by atoms with Crippen molar-refractivity contribution in [3.8, 4) is 11.5 Å². The van der Waals surface area contributed by atoms with Gasteiger partial charge in [-0.3, -0.25) is 9.59 Å². The number of hydrogen-bond acceptors (Lipinski definition) is 4. The zero-order chi connectivity index (χ0) is 20.7. The summed E-state index contributed by atoms with van der Waals surface area (Å²) in [5.74, 6) is 0.487. The number of ether oxygens (including phenoxy) is 2. The highest BCUT2D eigenvalue weighted by Gasteiger charge is 2.12. The van der Waals surface area contributed by atoms with E-state index in [1.54, 1.807) is 49.6 Å². The first-order chi connectivity index (χ1) is 13.3. The number of benzene rings is 2. The molecule has 2 amide bonds. The second-order valence-corrected chi connectivity index (χ2v) is 6.63. The minimum absolute atomic E-state index is 0.116. The van der Waals surface area contributed by atoms with Gasteiger partial charge in [0.1, 0.15) is 0 Å². The highest BCUT2D eigenvalue weighted by atomic mass is 35.5. The van der Waals surface area contributed by atoms with Gasteiger partial charge in [0.15, 0.2) is 11.5 Å². The Labute approximate surface area is 173 Å². The molecule has 0 aromatic heterocycles. The van der Waals surface area contributed by atoms with Crippen molar-refractivity contribution >= 4 is 46.8 Å². The predicted molar refractivity (Wildman–Crippen MR) is 111 cm³/mol. The summed E-state index contributed by atoms with van der Waals surface area (Å²) < 4.78 is 10.4. The molecule has 0 bridgehead atoms. The predicted octanol–water partition coefficient (Wildman–Crippen LogP) is 4.12. The summed E-state index contributed by atoms with van der Waals surface area (Å²) in [5, 5.41) is 3.40. The number of nitrogens with zero attached hydrogens (tertiary/aromatic N) is 1. The van der Waals surface area contributed by atoms with Crippen molar-refractivity contribution in [3.63, 3.8) is 0 Å². The molecule has 2 rings (SSSR count). The van der Waals surface area contributed by atoms with Gasteiger partial charge in [-0.05, 0) is 42.0 Å². The molecule has 6 nitrogen and oxygen atoms in total. The van der Waals surface area contributed by atoms with Crippen LogP contribution < -0.4 is 14.8 Å². The molecule has 0 saturated carbocycles. The summed E-state index contributed by atoms with van der Waals surface area (Å²) >= 11 is 11.8. The fourth-order valence-corrected chi connectivity index (χ4v) is 2.62. The smallest absolute Gasteiger partial charge is 0.246 e. The van der Waals surface area contributed by atoms with Crippen LogP contribution in [-0.2, 0) is 9.59 Å². The maximum Gasteiger partial charge on any atom is 0.246 e. The number of rotatable bonds is 7. The van der Waals surface area contributed by atoms with Gasteiger partial charge in [-0.2, -0.15) is 0 Å². The number of hydrogen-bond donors (Lipinski definition) is 1. The van der Waals surface area contributed by atoms with Crippen LogP contribution in [-0.4, -0.2) is 44.5 Å². The van der Waals surface area contributed by atoms with Crippen molar-refractivity contribution in [1.82, 2.24) is 4.90 Å². The SMILES string of the molecule is COc1ccc(/C=C/C(=O)N(C)CC(=O)Nc2ccc(Cl)c(Cl)c2)cc1OC. The largest absolute Gasteiger partial charge is 0.493 e. The molecular formula is C20H20Cl2N2O4. The first kappa shape index (κ1) is 21.6. The third-order valence-corrected chi connectivity index (χ3v) is 4.53. The van der Waals surface area contributed by atoms with E-state index in [0.717, 1.165) is 5.56 Å². The summed E-state index contributed by atoms with van der Waals surface area (Å²) in [4.78, 5) is 25.7. The molecule has 0 unspecified atom stereocenters. The van der Waals surface area contributed by atoms with Crippen LogP contribution in [0.3, 0.4) is 0 Å². The maximum atomic E-state index is 12.2. The number of halogens is 2. The number of amides is 2. The number of carbonyl (C=O) groups is 2. The van der Waals surface area contributed by atoms with Crippen LogP contribution in [0.4, 0.5) is 5.69 Å². The summed E-state index contributed by atoms with van der Waals surface area (Å²) in [6.07, 6.45) is 3.02. The van der Waals surface area contributed by atoms with Gasteiger partial charge in [-0.15, -0.1) is 0 Å². The van der Waals surface area contributed by atoms with Crippen molar-refractivity contribution in [2.75, 3.05) is 33.1 Å². The summed E-state index contributed by atoms with van der Waals surface area (Å²) in [7, 11) is 4.63. The fraction of sp³-hybridized carbons (Fsp3) is 0.200. The minimum atomic E-state index is -0.353. The third kappa shape index (κ3) is 5.90. The Morgan fingerprint density at radius 2 is 1.75 bits per heavy atom. The summed E-state index contributed by atoms with van der Waals surface area (Å²) in [6.45, 7) is -0.116. The molecule has 0 radical (unpaired) electrons. The second kappa shape index (κ2) is 10.0. The fourth-order valence-electron chi connectivity index (χ4n) is 2.32. The van der Waals surface area contributed by atoms with Gasteiger partial charge < -0.3 is 19.7 Å². The van der Waals surface area contributed by atoms with Gasteiger partial charge in [0.25, 0.3) is 0 Å². The van der Waals surface area contributed by atoms with E-state index in [2.05, 4.69) is 5.32 Å². The Kier molecular flexibility index (Phi) is 7.72. The number of nitrogens with one attached hydrogen (secondary N) is 1. The first-order valence-corrected chi connectivity index (χ1v) is 8.99. The lowest BCUT2D eigenvalue weighted by atomic mass is 10.2. The molecule has 28 heavy (non-hydrogen) atoms. The molecule has 0 atom stereocenters. The van der Waals surface area contributed by atoms with Crippen LogP contribution in [0.5, 0.6) is 11.5 Å². The topological polar surface area (TPSA) is 67.9 Å². The van der Waals surface area contributed by atoms with Gasteiger partial charge >= 0.3 is 0 Å². The molecule has 0 aliphatic rings.